The first kappa shape index (κ1) is 18.4. The number of ether oxygens (including phenoxy) is 1. The zero-order valence-corrected chi connectivity index (χ0v) is 12.2. The minimum Gasteiger partial charge on any atom is -0.394 e. The molecule has 4 atom stereocenters. The summed E-state index contributed by atoms with van der Waals surface area (Å²) in [4.78, 5) is 18.4. The van der Waals surface area contributed by atoms with Crippen LogP contribution in [0, 0.1) is 0 Å². The van der Waals surface area contributed by atoms with Gasteiger partial charge in [0.2, 0.25) is 5.95 Å². The Morgan fingerprint density at radius 2 is 1.95 bits per heavy atom. The maximum Gasteiger partial charge on any atom is 0.354 e. The van der Waals surface area contributed by atoms with Gasteiger partial charge in [0.05, 0.1) is 12.9 Å². The van der Waals surface area contributed by atoms with Gasteiger partial charge < -0.3 is 25.8 Å². The van der Waals surface area contributed by atoms with Gasteiger partial charge in [0, 0.05) is 0 Å². The Morgan fingerprint density at radius 3 is 2.36 bits per heavy atom. The Bertz CT molecular complexity index is 654. The quantitative estimate of drug-likeness (QED) is 0.332. The molecule has 0 bridgehead atoms. The minimum atomic E-state index is -3.67. The van der Waals surface area contributed by atoms with Gasteiger partial charge in [-0.15, -0.1) is 0 Å². The van der Waals surface area contributed by atoms with E-state index >= 15 is 0 Å². The molecule has 1 aliphatic rings. The summed E-state index contributed by atoms with van der Waals surface area (Å²) in [5, 5.41) is 28.1. The zero-order chi connectivity index (χ0) is 17.1. The summed E-state index contributed by atoms with van der Waals surface area (Å²) in [7, 11) is -3.67. The van der Waals surface area contributed by atoms with E-state index < -0.39 is 47.0 Å². The molecule has 1 aromatic rings. The van der Waals surface area contributed by atoms with Gasteiger partial charge in [-0.05, 0) is 0 Å². The van der Waals surface area contributed by atoms with E-state index in [4.69, 9.17) is 20.1 Å². The molecule has 12 nitrogen and oxygen atoms in total. The predicted molar refractivity (Wildman–Crippen MR) is 71.2 cm³/mol. The smallest absolute Gasteiger partial charge is 0.354 e. The highest BCUT2D eigenvalue weighted by molar-refractivity contribution is 7.85. The number of nitrogens with zero attached hydrogens (tertiary/aromatic N) is 3. The molecule has 0 spiro atoms. The van der Waals surface area contributed by atoms with Gasteiger partial charge >= 0.3 is 5.69 Å². The first-order chi connectivity index (χ1) is 10.0. The lowest BCUT2D eigenvalue weighted by Crippen LogP contribution is -2.36. The maximum absolute atomic E-state index is 11.5. The van der Waals surface area contributed by atoms with Crippen LogP contribution in [0.25, 0.3) is 0 Å². The molecule has 2 rings (SSSR count). The molecule has 1 aliphatic heterocycles. The SMILES string of the molecule is CS(=O)(=O)O.Nc1ncn([C@@H]2O[C@H](CO)[C@@H](O)[C@H]2O)c(=O)n1. The normalized spacial score (nSPS) is 28.0. The van der Waals surface area contributed by atoms with E-state index in [1.54, 1.807) is 0 Å². The van der Waals surface area contributed by atoms with Crippen LogP contribution < -0.4 is 11.4 Å². The van der Waals surface area contributed by atoms with Crippen LogP contribution in [0.1, 0.15) is 6.23 Å². The van der Waals surface area contributed by atoms with Gasteiger partial charge in [-0.1, -0.05) is 0 Å². The van der Waals surface area contributed by atoms with Crippen LogP contribution in [0.2, 0.25) is 0 Å². The lowest BCUT2D eigenvalue weighted by atomic mass is 10.1. The Labute approximate surface area is 124 Å². The number of aliphatic hydroxyl groups is 3. The molecule has 0 saturated carbocycles. The molecule has 0 amide bonds. The summed E-state index contributed by atoms with van der Waals surface area (Å²) >= 11 is 0. The molecule has 6 N–H and O–H groups in total. The second kappa shape index (κ2) is 7.08. The van der Waals surface area contributed by atoms with Crippen molar-refractivity contribution in [1.29, 1.82) is 0 Å². The van der Waals surface area contributed by atoms with Crippen LogP contribution in [0.15, 0.2) is 11.1 Å². The van der Waals surface area contributed by atoms with E-state index in [1.165, 1.54) is 0 Å². The highest BCUT2D eigenvalue weighted by Gasteiger charge is 2.43. The highest BCUT2D eigenvalue weighted by Crippen LogP contribution is 2.27. The van der Waals surface area contributed by atoms with E-state index in [2.05, 4.69) is 9.97 Å². The van der Waals surface area contributed by atoms with E-state index in [1.807, 2.05) is 0 Å². The van der Waals surface area contributed by atoms with Gasteiger partial charge in [0.1, 0.15) is 24.6 Å². The van der Waals surface area contributed by atoms with Gasteiger partial charge in [-0.25, -0.2) is 9.78 Å². The fourth-order valence-electron chi connectivity index (χ4n) is 1.64. The molecule has 1 saturated heterocycles. The Kier molecular flexibility index (Phi) is 5.92. The summed E-state index contributed by atoms with van der Waals surface area (Å²) in [6.45, 7) is -0.473. The standard InChI is InChI=1S/C8H12N4O5.CH4O3S/c9-7-10-2-12(8(16)11-7)6-5(15)4(14)3(1-13)17-6;1-5(2,3)4/h2-6,13-15H,1H2,(H2,9,11,16);1H3,(H,2,3,4)/t3-,4-,5-,6-;/m1./s1. The van der Waals surface area contributed by atoms with Crippen LogP contribution in [0.5, 0.6) is 0 Å². The maximum atomic E-state index is 11.5. The van der Waals surface area contributed by atoms with Crippen LogP contribution in [-0.2, 0) is 14.9 Å². The average molecular weight is 340 g/mol. The molecular formula is C9H16N4O8S. The molecule has 1 fully saturated rings. The van der Waals surface area contributed by atoms with Crippen molar-refractivity contribution >= 4 is 16.1 Å². The molecule has 0 radical (unpaired) electrons. The number of hydrogen-bond acceptors (Lipinski definition) is 10. The molecular weight excluding hydrogens is 324 g/mol. The lowest BCUT2D eigenvalue weighted by Gasteiger charge is -2.16. The number of rotatable bonds is 2. The van der Waals surface area contributed by atoms with E-state index in [9.17, 15) is 23.4 Å². The van der Waals surface area contributed by atoms with Crippen molar-refractivity contribution in [1.82, 2.24) is 14.5 Å². The summed E-state index contributed by atoms with van der Waals surface area (Å²) in [6.07, 6.45) is -2.96. The van der Waals surface area contributed by atoms with Crippen molar-refractivity contribution in [2.24, 2.45) is 0 Å². The summed E-state index contributed by atoms with van der Waals surface area (Å²) in [5.41, 5.74) is 4.46. The minimum absolute atomic E-state index is 0.196. The Hall–Kier alpha value is -1.64. The largest absolute Gasteiger partial charge is 0.394 e. The second-order valence-electron chi connectivity index (χ2n) is 4.37. The topological polar surface area (TPSA) is 198 Å². The second-order valence-corrected chi connectivity index (χ2v) is 5.83. The number of hydrogen-bond donors (Lipinski definition) is 5. The molecule has 126 valence electrons. The Balaban J connectivity index is 0.000000422. The third-order valence-electron chi connectivity index (χ3n) is 2.54. The number of anilines is 1. The molecule has 22 heavy (non-hydrogen) atoms. The molecule has 1 aromatic heterocycles. The molecule has 0 unspecified atom stereocenters. The lowest BCUT2D eigenvalue weighted by molar-refractivity contribution is -0.0554. The molecule has 2 heterocycles. The summed E-state index contributed by atoms with van der Waals surface area (Å²) in [6, 6.07) is 0. The number of aliphatic hydroxyl groups excluding tert-OH is 3. The first-order valence-corrected chi connectivity index (χ1v) is 7.65. The van der Waals surface area contributed by atoms with Gasteiger partial charge in [-0.2, -0.15) is 13.4 Å². The summed E-state index contributed by atoms with van der Waals surface area (Å²) in [5.74, 6) is -0.196. The van der Waals surface area contributed by atoms with E-state index in [-0.39, 0.29) is 5.95 Å². The van der Waals surface area contributed by atoms with Crippen LogP contribution in [-0.4, -0.2) is 74.0 Å². The molecule has 0 aromatic carbocycles. The van der Waals surface area contributed by atoms with Gasteiger partial charge in [-0.3, -0.25) is 9.12 Å². The Morgan fingerprint density at radius 1 is 1.41 bits per heavy atom. The fourth-order valence-corrected chi connectivity index (χ4v) is 1.64. The van der Waals surface area contributed by atoms with Crippen LogP contribution in [0.4, 0.5) is 5.95 Å². The van der Waals surface area contributed by atoms with Crippen molar-refractivity contribution < 1.29 is 33.0 Å². The first-order valence-electron chi connectivity index (χ1n) is 5.80. The number of nitrogen functional groups attached to an aromatic ring is 1. The monoisotopic (exact) mass is 340 g/mol. The van der Waals surface area contributed by atoms with Gasteiger partial charge in [0.25, 0.3) is 10.1 Å². The number of aromatic nitrogens is 3. The van der Waals surface area contributed by atoms with Crippen molar-refractivity contribution in [2.45, 2.75) is 24.5 Å². The fraction of sp³-hybridized carbons (Fsp3) is 0.667. The van der Waals surface area contributed by atoms with Crippen molar-refractivity contribution in [2.75, 3.05) is 18.6 Å². The third kappa shape index (κ3) is 4.97. The molecule has 0 aliphatic carbocycles. The predicted octanol–water partition coefficient (Wildman–Crippen LogP) is -3.66. The van der Waals surface area contributed by atoms with Crippen molar-refractivity contribution in [3.63, 3.8) is 0 Å². The number of nitrogens with two attached hydrogens (primary N) is 1. The van der Waals surface area contributed by atoms with Crippen LogP contribution >= 0.6 is 0 Å². The molecule has 13 heteroatoms. The average Bonchev–Trinajstić information content (AvgIpc) is 2.64. The van der Waals surface area contributed by atoms with Crippen molar-refractivity contribution in [3.8, 4) is 0 Å². The van der Waals surface area contributed by atoms with Crippen molar-refractivity contribution in [3.05, 3.63) is 16.8 Å². The van der Waals surface area contributed by atoms with E-state index in [0.29, 0.717) is 6.26 Å². The third-order valence-corrected chi connectivity index (χ3v) is 2.54. The van der Waals surface area contributed by atoms with E-state index in [0.717, 1.165) is 10.9 Å². The highest BCUT2D eigenvalue weighted by atomic mass is 32.2. The zero-order valence-electron chi connectivity index (χ0n) is 11.3. The van der Waals surface area contributed by atoms with Crippen LogP contribution in [0.3, 0.4) is 0 Å². The summed E-state index contributed by atoms with van der Waals surface area (Å²) < 4.78 is 31.9. The van der Waals surface area contributed by atoms with Gasteiger partial charge in [0.15, 0.2) is 6.23 Å².